The summed E-state index contributed by atoms with van der Waals surface area (Å²) in [4.78, 5) is 33.4. The molecule has 31 heavy (non-hydrogen) atoms. The van der Waals surface area contributed by atoms with Gasteiger partial charge in [0.1, 0.15) is 17.0 Å². The second-order valence-corrected chi connectivity index (χ2v) is 8.90. The number of nitrogens with one attached hydrogen (secondary N) is 2. The van der Waals surface area contributed by atoms with Gasteiger partial charge in [-0.1, -0.05) is 12.1 Å². The Bertz CT molecular complexity index is 1280. The highest BCUT2D eigenvalue weighted by Gasteiger charge is 2.35. The van der Waals surface area contributed by atoms with Gasteiger partial charge in [-0.25, -0.2) is 18.4 Å². The minimum Gasteiger partial charge on any atom is -0.358 e. The van der Waals surface area contributed by atoms with Gasteiger partial charge in [0.15, 0.2) is 5.69 Å². The van der Waals surface area contributed by atoms with E-state index >= 15 is 0 Å². The average Bonchev–Trinajstić information content (AvgIpc) is 3.13. The SMILES string of the molecule is CNC(=O)CN1Cc2c(C(=O)Nc3cc(C)ccn3)ncn2-c2ccccc2S1(=O)=O. The quantitative estimate of drug-likeness (QED) is 0.625. The zero-order valence-corrected chi connectivity index (χ0v) is 17.7. The van der Waals surface area contributed by atoms with E-state index in [1.165, 1.54) is 19.4 Å². The number of aromatic nitrogens is 3. The fourth-order valence-electron chi connectivity index (χ4n) is 3.35. The number of nitrogens with zero attached hydrogens (tertiary/aromatic N) is 4. The number of para-hydroxylation sites is 1. The van der Waals surface area contributed by atoms with Crippen LogP contribution >= 0.6 is 0 Å². The minimum absolute atomic E-state index is 0.0300. The fourth-order valence-corrected chi connectivity index (χ4v) is 4.89. The predicted molar refractivity (Wildman–Crippen MR) is 112 cm³/mol. The minimum atomic E-state index is -3.99. The van der Waals surface area contributed by atoms with Crippen LogP contribution in [0, 0.1) is 6.92 Å². The maximum absolute atomic E-state index is 13.3. The van der Waals surface area contributed by atoms with Crippen molar-refractivity contribution in [2.45, 2.75) is 18.4 Å². The van der Waals surface area contributed by atoms with Crippen molar-refractivity contribution in [2.75, 3.05) is 18.9 Å². The van der Waals surface area contributed by atoms with Crippen molar-refractivity contribution in [3.05, 3.63) is 65.9 Å². The first-order valence-electron chi connectivity index (χ1n) is 9.41. The van der Waals surface area contributed by atoms with Crippen molar-refractivity contribution >= 4 is 27.7 Å². The molecule has 2 amide bonds. The number of carbonyl (C=O) groups is 2. The number of fused-ring (bicyclic) bond motifs is 3. The molecule has 0 fully saturated rings. The standard InChI is InChI=1S/C20H20N6O4S/c1-13-7-8-22-17(9-13)24-20(28)19-15-10-25(11-18(27)21-2)31(29,30)16-6-4-3-5-14(16)26(15)12-23-19/h3-9,12H,10-11H2,1-2H3,(H,21,27)(H,22,24,28). The summed E-state index contributed by atoms with van der Waals surface area (Å²) in [6, 6.07) is 9.91. The van der Waals surface area contributed by atoms with Gasteiger partial charge in [0, 0.05) is 13.2 Å². The van der Waals surface area contributed by atoms with E-state index in [0.29, 0.717) is 17.2 Å². The number of rotatable bonds is 4. The van der Waals surface area contributed by atoms with E-state index in [1.807, 2.05) is 6.92 Å². The molecule has 160 valence electrons. The molecule has 2 aromatic heterocycles. The lowest BCUT2D eigenvalue weighted by Crippen LogP contribution is -2.39. The molecule has 0 spiro atoms. The highest BCUT2D eigenvalue weighted by Crippen LogP contribution is 2.31. The molecular formula is C20H20N6O4S. The second-order valence-electron chi connectivity index (χ2n) is 7.00. The van der Waals surface area contributed by atoms with Gasteiger partial charge < -0.3 is 10.6 Å². The van der Waals surface area contributed by atoms with Crippen molar-refractivity contribution in [3.63, 3.8) is 0 Å². The molecule has 0 aliphatic carbocycles. The zero-order valence-electron chi connectivity index (χ0n) is 16.9. The van der Waals surface area contributed by atoms with E-state index in [-0.39, 0.29) is 17.1 Å². The van der Waals surface area contributed by atoms with E-state index in [9.17, 15) is 18.0 Å². The molecule has 0 saturated heterocycles. The molecule has 3 aromatic rings. The van der Waals surface area contributed by atoms with Crippen LogP contribution in [0.15, 0.2) is 53.8 Å². The normalized spacial score (nSPS) is 14.8. The number of benzene rings is 1. The average molecular weight is 440 g/mol. The molecule has 0 bridgehead atoms. The molecule has 0 saturated carbocycles. The number of hydrogen-bond acceptors (Lipinski definition) is 6. The Kier molecular flexibility index (Phi) is 5.29. The molecule has 0 unspecified atom stereocenters. The van der Waals surface area contributed by atoms with Crippen molar-refractivity contribution in [2.24, 2.45) is 0 Å². The van der Waals surface area contributed by atoms with Gasteiger partial charge in [0.05, 0.1) is 24.5 Å². The van der Waals surface area contributed by atoms with Crippen LogP contribution in [0.1, 0.15) is 21.7 Å². The van der Waals surface area contributed by atoms with Crippen LogP contribution in [0.3, 0.4) is 0 Å². The summed E-state index contributed by atoms with van der Waals surface area (Å²) < 4.78 is 29.1. The lowest BCUT2D eigenvalue weighted by Gasteiger charge is -2.19. The summed E-state index contributed by atoms with van der Waals surface area (Å²) in [6.07, 6.45) is 2.98. The number of carbonyl (C=O) groups excluding carboxylic acids is 2. The maximum Gasteiger partial charge on any atom is 0.277 e. The first-order valence-corrected chi connectivity index (χ1v) is 10.9. The van der Waals surface area contributed by atoms with Crippen LogP contribution in [-0.4, -0.2) is 52.7 Å². The van der Waals surface area contributed by atoms with E-state index in [2.05, 4.69) is 20.6 Å². The van der Waals surface area contributed by atoms with Crippen LogP contribution in [0.25, 0.3) is 5.69 Å². The van der Waals surface area contributed by atoms with Gasteiger partial charge in [-0.3, -0.25) is 14.2 Å². The zero-order chi connectivity index (χ0) is 22.2. The highest BCUT2D eigenvalue weighted by molar-refractivity contribution is 7.89. The molecular weight excluding hydrogens is 420 g/mol. The van der Waals surface area contributed by atoms with Crippen molar-refractivity contribution in [1.29, 1.82) is 0 Å². The molecule has 10 nitrogen and oxygen atoms in total. The number of hydrogen-bond donors (Lipinski definition) is 2. The molecule has 0 radical (unpaired) electrons. The summed E-state index contributed by atoms with van der Waals surface area (Å²) >= 11 is 0. The Labute approximate surface area is 179 Å². The summed E-state index contributed by atoms with van der Waals surface area (Å²) in [5, 5.41) is 5.13. The third kappa shape index (κ3) is 3.80. The van der Waals surface area contributed by atoms with Crippen molar-refractivity contribution < 1.29 is 18.0 Å². The first kappa shape index (κ1) is 20.7. The lowest BCUT2D eigenvalue weighted by molar-refractivity contribution is -0.120. The van der Waals surface area contributed by atoms with Gasteiger partial charge in [-0.2, -0.15) is 4.31 Å². The van der Waals surface area contributed by atoms with Gasteiger partial charge in [-0.15, -0.1) is 0 Å². The van der Waals surface area contributed by atoms with Gasteiger partial charge in [0.25, 0.3) is 5.91 Å². The second kappa shape index (κ2) is 7.93. The molecule has 3 heterocycles. The third-order valence-electron chi connectivity index (χ3n) is 4.91. The first-order chi connectivity index (χ1) is 14.8. The fraction of sp³-hybridized carbons (Fsp3) is 0.200. The Morgan fingerprint density at radius 2 is 1.94 bits per heavy atom. The smallest absolute Gasteiger partial charge is 0.277 e. The molecule has 1 aliphatic heterocycles. The number of aryl methyl sites for hydroxylation is 1. The van der Waals surface area contributed by atoms with E-state index in [1.54, 1.807) is 41.1 Å². The number of amides is 2. The topological polar surface area (TPSA) is 126 Å². The third-order valence-corrected chi connectivity index (χ3v) is 6.75. The Hall–Kier alpha value is -3.57. The Morgan fingerprint density at radius 1 is 1.16 bits per heavy atom. The number of likely N-dealkylation sites (N-methyl/N-ethyl adjacent to an activating group) is 1. The molecule has 0 atom stereocenters. The van der Waals surface area contributed by atoms with Crippen LogP contribution < -0.4 is 10.6 Å². The van der Waals surface area contributed by atoms with Gasteiger partial charge in [0.2, 0.25) is 15.9 Å². The number of pyridine rings is 1. The van der Waals surface area contributed by atoms with E-state index in [4.69, 9.17) is 0 Å². The monoisotopic (exact) mass is 440 g/mol. The summed E-state index contributed by atoms with van der Waals surface area (Å²) in [5.41, 5.74) is 1.68. The largest absolute Gasteiger partial charge is 0.358 e. The van der Waals surface area contributed by atoms with Crippen LogP contribution in [0.5, 0.6) is 0 Å². The predicted octanol–water partition coefficient (Wildman–Crippen LogP) is 1.08. The van der Waals surface area contributed by atoms with E-state index < -0.39 is 28.4 Å². The summed E-state index contributed by atoms with van der Waals surface area (Å²) in [5.74, 6) is -0.636. The molecule has 2 N–H and O–H groups in total. The maximum atomic E-state index is 13.3. The number of sulfonamides is 1. The molecule has 4 rings (SSSR count). The molecule has 1 aromatic carbocycles. The molecule has 1 aliphatic rings. The van der Waals surface area contributed by atoms with Gasteiger partial charge >= 0.3 is 0 Å². The van der Waals surface area contributed by atoms with Crippen LogP contribution in [-0.2, 0) is 21.4 Å². The van der Waals surface area contributed by atoms with Crippen LogP contribution in [0.2, 0.25) is 0 Å². The van der Waals surface area contributed by atoms with E-state index in [0.717, 1.165) is 9.87 Å². The molecule has 11 heteroatoms. The summed E-state index contributed by atoms with van der Waals surface area (Å²) in [6.45, 7) is 1.28. The van der Waals surface area contributed by atoms with Gasteiger partial charge in [-0.05, 0) is 36.8 Å². The summed E-state index contributed by atoms with van der Waals surface area (Å²) in [7, 11) is -2.56. The van der Waals surface area contributed by atoms with Crippen molar-refractivity contribution in [3.8, 4) is 5.69 Å². The number of imidazole rings is 1. The lowest BCUT2D eigenvalue weighted by atomic mass is 10.2. The van der Waals surface area contributed by atoms with Crippen LogP contribution in [0.4, 0.5) is 5.82 Å². The number of anilines is 1. The highest BCUT2D eigenvalue weighted by atomic mass is 32.2. The van der Waals surface area contributed by atoms with Crippen molar-refractivity contribution in [1.82, 2.24) is 24.2 Å². The Morgan fingerprint density at radius 3 is 2.68 bits per heavy atom. The Balaban J connectivity index is 1.80.